The van der Waals surface area contributed by atoms with Gasteiger partial charge in [0.2, 0.25) is 0 Å². The quantitative estimate of drug-likeness (QED) is 0.247. The first-order chi connectivity index (χ1) is 3.73. The van der Waals surface area contributed by atoms with Crippen LogP contribution in [0.3, 0.4) is 0 Å². The number of carboxylic acid groups (broad SMARTS) is 1. The van der Waals surface area contributed by atoms with Crippen LogP contribution in [0.5, 0.6) is 0 Å². The summed E-state index contributed by atoms with van der Waals surface area (Å²) in [6.07, 6.45) is 0. The smallest absolute Gasteiger partial charge is 1.00 e. The van der Waals surface area contributed by atoms with Gasteiger partial charge in [-0.2, -0.15) is 0 Å². The van der Waals surface area contributed by atoms with E-state index >= 15 is 0 Å². The third-order valence-electron chi connectivity index (χ3n) is 0. The Kier molecular flexibility index (Phi) is 24.8. The van der Waals surface area contributed by atoms with Gasteiger partial charge in [0.05, 0.1) is 0 Å². The standard InChI is InChI=1S/C2H4O2.Ca.Na.H3O4P.3H/c1-2(3)4;;;1-5(2,3)4;;;/h1H3,(H,3,4);;;(H3,1,2,3,4);;;/q;+2;+1;;3*-1. The van der Waals surface area contributed by atoms with Crippen LogP contribution >= 0.6 is 7.82 Å². The molecule has 0 heterocycles. The van der Waals surface area contributed by atoms with E-state index in [-0.39, 0.29) is 71.6 Å². The zero-order valence-electron chi connectivity index (χ0n) is 9.26. The minimum absolute atomic E-state index is 0. The molecule has 0 unspecified atom stereocenters. The van der Waals surface area contributed by atoms with Crippen molar-refractivity contribution in [3.63, 3.8) is 0 Å². The molecule has 0 amide bonds. The van der Waals surface area contributed by atoms with Gasteiger partial charge in [0, 0.05) is 6.92 Å². The maximum Gasteiger partial charge on any atom is 2.00 e. The van der Waals surface area contributed by atoms with Gasteiger partial charge in [-0.05, 0) is 0 Å². The second kappa shape index (κ2) is 11.8. The first-order valence-corrected chi connectivity index (χ1v) is 3.28. The van der Waals surface area contributed by atoms with E-state index in [1.165, 1.54) is 0 Å². The van der Waals surface area contributed by atoms with Gasteiger partial charge < -0.3 is 24.1 Å². The van der Waals surface area contributed by atoms with Gasteiger partial charge in [-0.3, -0.25) is 4.79 Å². The van der Waals surface area contributed by atoms with E-state index < -0.39 is 13.8 Å². The van der Waals surface area contributed by atoms with E-state index in [2.05, 4.69) is 0 Å². The monoisotopic (exact) mass is 224 g/mol. The van der Waals surface area contributed by atoms with Crippen molar-refractivity contribution < 1.29 is 63.0 Å². The Morgan fingerprint density at radius 2 is 1.36 bits per heavy atom. The zero-order chi connectivity index (χ0) is 8.08. The van der Waals surface area contributed by atoms with Crippen LogP contribution in [0, 0.1) is 0 Å². The number of phosphoric acid groups is 1. The third kappa shape index (κ3) is 339. The molecular weight excluding hydrogens is 214 g/mol. The first kappa shape index (κ1) is 23.0. The topological polar surface area (TPSA) is 115 Å². The van der Waals surface area contributed by atoms with Crippen molar-refractivity contribution in [3.05, 3.63) is 0 Å². The molecule has 0 aromatic rings. The molecule has 0 fully saturated rings. The molecule has 0 aliphatic heterocycles. The van der Waals surface area contributed by atoms with Crippen molar-refractivity contribution in [2.24, 2.45) is 0 Å². The largest absolute Gasteiger partial charge is 2.00 e. The average molecular weight is 224 g/mol. The molecule has 0 atom stereocenters. The number of carboxylic acids is 1. The van der Waals surface area contributed by atoms with Crippen LogP contribution in [-0.4, -0.2) is 63.5 Å². The summed E-state index contributed by atoms with van der Waals surface area (Å²) in [7, 11) is -4.64. The minimum Gasteiger partial charge on any atom is -1.00 e. The van der Waals surface area contributed by atoms with Crippen molar-refractivity contribution in [3.8, 4) is 0 Å². The Balaban J connectivity index is -0.0000000104. The average Bonchev–Trinajstić information content (AvgIpc) is 1.19. The van der Waals surface area contributed by atoms with Crippen LogP contribution in [0.1, 0.15) is 11.2 Å². The molecular formula is C2H10CaNaO6P. The van der Waals surface area contributed by atoms with Crippen LogP contribution in [0.25, 0.3) is 0 Å². The van der Waals surface area contributed by atoms with Crippen LogP contribution in [0.15, 0.2) is 0 Å². The predicted molar refractivity (Wildman–Crippen MR) is 36.7 cm³/mol. The fraction of sp³-hybridized carbons (Fsp3) is 0.500. The molecule has 0 radical (unpaired) electrons. The Morgan fingerprint density at radius 3 is 1.36 bits per heavy atom. The van der Waals surface area contributed by atoms with Crippen molar-refractivity contribution in [1.82, 2.24) is 0 Å². The van der Waals surface area contributed by atoms with E-state index in [1.54, 1.807) is 0 Å². The summed E-state index contributed by atoms with van der Waals surface area (Å²) in [5, 5.41) is 7.42. The summed E-state index contributed by atoms with van der Waals surface area (Å²) in [6, 6.07) is 0. The second-order valence-electron chi connectivity index (χ2n) is 1.03. The first-order valence-electron chi connectivity index (χ1n) is 1.71. The zero-order valence-corrected chi connectivity index (χ0v) is 11.4. The van der Waals surface area contributed by atoms with Crippen LogP contribution in [0.4, 0.5) is 0 Å². The maximum atomic E-state index is 9.00. The molecule has 11 heavy (non-hydrogen) atoms. The minimum atomic E-state index is -4.64. The Bertz CT molecular complexity index is 131. The van der Waals surface area contributed by atoms with Crippen molar-refractivity contribution in [2.75, 3.05) is 0 Å². The summed E-state index contributed by atoms with van der Waals surface area (Å²) in [6.45, 7) is 1.08. The third-order valence-corrected chi connectivity index (χ3v) is 0. The normalized spacial score (nSPS) is 7.64. The van der Waals surface area contributed by atoms with Crippen molar-refractivity contribution in [2.45, 2.75) is 6.92 Å². The van der Waals surface area contributed by atoms with Crippen molar-refractivity contribution >= 4 is 51.5 Å². The van der Waals surface area contributed by atoms with Gasteiger partial charge in [-0.15, -0.1) is 0 Å². The van der Waals surface area contributed by atoms with E-state index in [1.807, 2.05) is 0 Å². The molecule has 0 aromatic heterocycles. The van der Waals surface area contributed by atoms with Crippen molar-refractivity contribution in [1.29, 1.82) is 0 Å². The van der Waals surface area contributed by atoms with Gasteiger partial charge in [0.1, 0.15) is 0 Å². The molecule has 6 nitrogen and oxygen atoms in total. The molecule has 0 aliphatic rings. The number of rotatable bonds is 0. The van der Waals surface area contributed by atoms with Crippen LogP contribution in [0.2, 0.25) is 0 Å². The van der Waals surface area contributed by atoms with Crippen LogP contribution < -0.4 is 29.6 Å². The molecule has 0 bridgehead atoms. The predicted octanol–water partition coefficient (Wildman–Crippen LogP) is -3.88. The van der Waals surface area contributed by atoms with Crippen LogP contribution in [-0.2, 0) is 9.36 Å². The molecule has 0 rings (SSSR count). The summed E-state index contributed by atoms with van der Waals surface area (Å²) < 4.78 is 8.88. The summed E-state index contributed by atoms with van der Waals surface area (Å²) in [4.78, 5) is 30.6. The number of hydrogen-bond acceptors (Lipinski definition) is 2. The molecule has 0 aromatic carbocycles. The van der Waals surface area contributed by atoms with E-state index in [0.29, 0.717) is 0 Å². The van der Waals surface area contributed by atoms with Gasteiger partial charge in [-0.1, -0.05) is 0 Å². The maximum absolute atomic E-state index is 9.00. The Labute approximate surface area is 120 Å². The molecule has 4 N–H and O–H groups in total. The van der Waals surface area contributed by atoms with Gasteiger partial charge in [0.15, 0.2) is 0 Å². The SMILES string of the molecule is CC(=O)O.O=P(O)(O)O.[Ca+2].[H-].[H-].[H-].[Na+]. The van der Waals surface area contributed by atoms with Gasteiger partial charge in [0.25, 0.3) is 5.97 Å². The van der Waals surface area contributed by atoms with E-state index in [4.69, 9.17) is 29.1 Å². The number of carbonyl (C=O) groups is 1. The molecule has 62 valence electrons. The number of hydrogen-bond donors (Lipinski definition) is 4. The molecule has 0 aliphatic carbocycles. The number of aliphatic carboxylic acids is 1. The second-order valence-corrected chi connectivity index (χ2v) is 2.06. The summed E-state index contributed by atoms with van der Waals surface area (Å²) >= 11 is 0. The fourth-order valence-corrected chi connectivity index (χ4v) is 0. The summed E-state index contributed by atoms with van der Waals surface area (Å²) in [5.74, 6) is -0.833. The Morgan fingerprint density at radius 1 is 1.36 bits per heavy atom. The van der Waals surface area contributed by atoms with E-state index in [0.717, 1.165) is 6.92 Å². The molecule has 0 saturated heterocycles. The summed E-state index contributed by atoms with van der Waals surface area (Å²) in [5.41, 5.74) is 0. The van der Waals surface area contributed by atoms with Gasteiger partial charge in [-0.25, -0.2) is 4.57 Å². The molecule has 9 heteroatoms. The molecule has 0 spiro atoms. The molecule has 0 saturated carbocycles. The van der Waals surface area contributed by atoms with E-state index in [9.17, 15) is 0 Å². The van der Waals surface area contributed by atoms with Gasteiger partial charge >= 0.3 is 75.1 Å². The Hall–Kier alpha value is 1.84. The fourth-order valence-electron chi connectivity index (χ4n) is 0.